The molecule has 0 radical (unpaired) electrons. The number of benzene rings is 1. The minimum Gasteiger partial charge on any atom is -0.399 e. The second kappa shape index (κ2) is 5.48. The first-order valence-electron chi connectivity index (χ1n) is 7.42. The lowest BCUT2D eigenvalue weighted by atomic mass is 10.0. The number of rotatable bonds is 5. The molecule has 1 aromatic heterocycles. The predicted molar refractivity (Wildman–Crippen MR) is 80.7 cm³/mol. The molecule has 3 rings (SSSR count). The highest BCUT2D eigenvalue weighted by Gasteiger charge is 2.36. The molecular weight excluding hydrogens is 266 g/mol. The lowest BCUT2D eigenvalue weighted by Gasteiger charge is -2.11. The summed E-state index contributed by atoms with van der Waals surface area (Å²) in [5, 5.41) is 4.12. The van der Waals surface area contributed by atoms with Crippen LogP contribution in [-0.2, 0) is 4.74 Å². The van der Waals surface area contributed by atoms with Crippen LogP contribution in [0.3, 0.4) is 0 Å². The number of nitrogen functional groups attached to an aromatic ring is 1. The van der Waals surface area contributed by atoms with E-state index in [1.807, 2.05) is 32.9 Å². The Morgan fingerprint density at radius 2 is 2.14 bits per heavy atom. The Bertz CT molecular complexity index is 647. The highest BCUT2D eigenvalue weighted by molar-refractivity contribution is 5.66. The van der Waals surface area contributed by atoms with Gasteiger partial charge in [0.15, 0.2) is 0 Å². The summed E-state index contributed by atoms with van der Waals surface area (Å²) in [7, 11) is 0. The van der Waals surface area contributed by atoms with Crippen LogP contribution >= 0.6 is 0 Å². The molecule has 1 saturated carbocycles. The van der Waals surface area contributed by atoms with Crippen molar-refractivity contribution in [2.75, 3.05) is 12.3 Å². The zero-order valence-electron chi connectivity index (χ0n) is 12.7. The Hall–Kier alpha value is -1.88. The molecule has 112 valence electrons. The number of nitrogens with two attached hydrogens (primary N) is 1. The first-order chi connectivity index (χ1) is 10.1. The van der Waals surface area contributed by atoms with Gasteiger partial charge in [-0.2, -0.15) is 4.98 Å². The SMILES string of the molecule is CCOC(c1noc(-c2cc(N)cc(C)c2C)n1)C1CC1. The molecule has 1 aromatic carbocycles. The van der Waals surface area contributed by atoms with Gasteiger partial charge in [-0.3, -0.25) is 0 Å². The summed E-state index contributed by atoms with van der Waals surface area (Å²) < 4.78 is 11.2. The average molecular weight is 287 g/mol. The van der Waals surface area contributed by atoms with Gasteiger partial charge in [-0.1, -0.05) is 5.16 Å². The van der Waals surface area contributed by atoms with Crippen molar-refractivity contribution in [2.24, 2.45) is 5.92 Å². The molecule has 1 unspecified atom stereocenters. The first kappa shape index (κ1) is 14.1. The fourth-order valence-corrected chi connectivity index (χ4v) is 2.57. The van der Waals surface area contributed by atoms with Gasteiger partial charge in [-0.15, -0.1) is 0 Å². The minimum absolute atomic E-state index is 0.0463. The van der Waals surface area contributed by atoms with E-state index < -0.39 is 0 Å². The number of aromatic nitrogens is 2. The third-order valence-corrected chi connectivity index (χ3v) is 4.01. The third kappa shape index (κ3) is 2.78. The molecule has 0 spiro atoms. The molecule has 21 heavy (non-hydrogen) atoms. The Labute approximate surface area is 124 Å². The number of hydrogen-bond acceptors (Lipinski definition) is 5. The molecule has 0 bridgehead atoms. The highest BCUT2D eigenvalue weighted by Crippen LogP contribution is 2.42. The lowest BCUT2D eigenvalue weighted by molar-refractivity contribution is 0.0385. The van der Waals surface area contributed by atoms with Gasteiger partial charge < -0.3 is 15.0 Å². The summed E-state index contributed by atoms with van der Waals surface area (Å²) in [4.78, 5) is 4.55. The molecule has 1 atom stereocenters. The summed E-state index contributed by atoms with van der Waals surface area (Å²) in [6.45, 7) is 6.71. The quantitative estimate of drug-likeness (QED) is 0.853. The van der Waals surface area contributed by atoms with E-state index in [-0.39, 0.29) is 6.10 Å². The smallest absolute Gasteiger partial charge is 0.258 e. The van der Waals surface area contributed by atoms with Gasteiger partial charge in [0.05, 0.1) is 0 Å². The maximum absolute atomic E-state index is 5.92. The van der Waals surface area contributed by atoms with Gasteiger partial charge in [0.2, 0.25) is 5.82 Å². The van der Waals surface area contributed by atoms with Gasteiger partial charge in [-0.05, 0) is 62.8 Å². The van der Waals surface area contributed by atoms with Crippen LogP contribution in [0.25, 0.3) is 11.5 Å². The van der Waals surface area contributed by atoms with Crippen molar-refractivity contribution in [1.82, 2.24) is 10.1 Å². The number of anilines is 1. The molecule has 0 saturated heterocycles. The van der Waals surface area contributed by atoms with Crippen molar-refractivity contribution in [3.63, 3.8) is 0 Å². The molecule has 2 N–H and O–H groups in total. The Morgan fingerprint density at radius 1 is 1.38 bits per heavy atom. The van der Waals surface area contributed by atoms with Gasteiger partial charge in [-0.25, -0.2) is 0 Å². The first-order valence-corrected chi connectivity index (χ1v) is 7.42. The molecule has 2 aromatic rings. The number of aryl methyl sites for hydroxylation is 1. The minimum atomic E-state index is -0.0463. The van der Waals surface area contributed by atoms with Crippen LogP contribution in [0.1, 0.15) is 42.8 Å². The van der Waals surface area contributed by atoms with E-state index in [1.165, 1.54) is 12.8 Å². The maximum atomic E-state index is 5.92. The van der Waals surface area contributed by atoms with E-state index in [2.05, 4.69) is 10.1 Å². The Balaban J connectivity index is 1.94. The third-order valence-electron chi connectivity index (χ3n) is 4.01. The predicted octanol–water partition coefficient (Wildman–Crippen LogP) is 3.42. The normalized spacial score (nSPS) is 16.1. The van der Waals surface area contributed by atoms with Gasteiger partial charge in [0, 0.05) is 17.9 Å². The monoisotopic (exact) mass is 287 g/mol. The molecule has 1 aliphatic carbocycles. The van der Waals surface area contributed by atoms with Crippen LogP contribution < -0.4 is 5.73 Å². The topological polar surface area (TPSA) is 74.2 Å². The van der Waals surface area contributed by atoms with Crippen molar-refractivity contribution < 1.29 is 9.26 Å². The van der Waals surface area contributed by atoms with Crippen molar-refractivity contribution in [1.29, 1.82) is 0 Å². The zero-order valence-corrected chi connectivity index (χ0v) is 12.7. The van der Waals surface area contributed by atoms with E-state index >= 15 is 0 Å². The fourth-order valence-electron chi connectivity index (χ4n) is 2.57. The van der Waals surface area contributed by atoms with Gasteiger partial charge >= 0.3 is 0 Å². The summed E-state index contributed by atoms with van der Waals surface area (Å²) in [5.41, 5.74) is 9.76. The summed E-state index contributed by atoms with van der Waals surface area (Å²) in [6.07, 6.45) is 2.30. The molecule has 1 heterocycles. The van der Waals surface area contributed by atoms with Crippen LogP contribution in [0, 0.1) is 19.8 Å². The summed E-state index contributed by atoms with van der Waals surface area (Å²) in [6, 6.07) is 3.83. The van der Waals surface area contributed by atoms with Crippen molar-refractivity contribution in [2.45, 2.75) is 39.7 Å². The van der Waals surface area contributed by atoms with Crippen molar-refractivity contribution >= 4 is 5.69 Å². The van der Waals surface area contributed by atoms with Crippen LogP contribution in [0.2, 0.25) is 0 Å². The van der Waals surface area contributed by atoms with E-state index in [0.29, 0.717) is 29.9 Å². The largest absolute Gasteiger partial charge is 0.399 e. The van der Waals surface area contributed by atoms with Crippen LogP contribution in [0.15, 0.2) is 16.7 Å². The highest BCUT2D eigenvalue weighted by atomic mass is 16.5. The fraction of sp³-hybridized carbons (Fsp3) is 0.500. The van der Waals surface area contributed by atoms with Crippen molar-refractivity contribution in [3.05, 3.63) is 29.1 Å². The van der Waals surface area contributed by atoms with Crippen molar-refractivity contribution in [3.8, 4) is 11.5 Å². The summed E-state index contributed by atoms with van der Waals surface area (Å²) >= 11 is 0. The van der Waals surface area contributed by atoms with Crippen LogP contribution in [0.5, 0.6) is 0 Å². The molecule has 5 nitrogen and oxygen atoms in total. The molecular formula is C16H21N3O2. The molecule has 5 heteroatoms. The zero-order chi connectivity index (χ0) is 15.0. The standard InChI is InChI=1S/C16H21N3O2/c1-4-20-14(11-5-6-11)15-18-16(21-19-15)13-8-12(17)7-9(2)10(13)3/h7-8,11,14H,4-6,17H2,1-3H3. The van der Waals surface area contributed by atoms with E-state index in [0.717, 1.165) is 16.7 Å². The molecule has 0 aliphatic heterocycles. The Morgan fingerprint density at radius 3 is 2.81 bits per heavy atom. The maximum Gasteiger partial charge on any atom is 0.258 e. The molecule has 1 aliphatic rings. The second-order valence-corrected chi connectivity index (χ2v) is 5.68. The van der Waals surface area contributed by atoms with Gasteiger partial charge in [0.1, 0.15) is 6.10 Å². The molecule has 0 amide bonds. The lowest BCUT2D eigenvalue weighted by Crippen LogP contribution is -2.08. The van der Waals surface area contributed by atoms with Crippen LogP contribution in [0.4, 0.5) is 5.69 Å². The summed E-state index contributed by atoms with van der Waals surface area (Å²) in [5.74, 6) is 1.69. The van der Waals surface area contributed by atoms with E-state index in [4.69, 9.17) is 15.0 Å². The number of ether oxygens (including phenoxy) is 1. The number of nitrogens with zero attached hydrogens (tertiary/aromatic N) is 2. The number of hydrogen-bond donors (Lipinski definition) is 1. The average Bonchev–Trinajstić information content (AvgIpc) is 3.17. The van der Waals surface area contributed by atoms with E-state index in [1.54, 1.807) is 0 Å². The Kier molecular flexibility index (Phi) is 3.68. The second-order valence-electron chi connectivity index (χ2n) is 5.68. The van der Waals surface area contributed by atoms with Crippen LogP contribution in [-0.4, -0.2) is 16.7 Å². The molecule has 1 fully saturated rings. The van der Waals surface area contributed by atoms with Gasteiger partial charge in [0.25, 0.3) is 5.89 Å². The van der Waals surface area contributed by atoms with E-state index in [9.17, 15) is 0 Å².